The van der Waals surface area contributed by atoms with Gasteiger partial charge in [-0.25, -0.2) is 13.5 Å². The third-order valence-electron chi connectivity index (χ3n) is 8.62. The van der Waals surface area contributed by atoms with E-state index < -0.39 is 16.9 Å². The molecule has 4 aromatic rings. The zero-order chi connectivity index (χ0) is 30.2. The standard InChI is InChI=1S/C34H34F2N4O2S/c1-21-14-16-38(17-15-21)29(41)19-39-30(42)20-43-33(26-13-12-25(35)18-27(26)36)31-32(24-9-5-4-6-10-24)37-40(34(31)39)28-11-7-8-22(2)23(28)3/h4-13,18,21,33H,14-17,19-20H2,1-3H3/t33-/m1/s1. The Morgan fingerprint density at radius 3 is 2.47 bits per heavy atom. The first-order valence-electron chi connectivity index (χ1n) is 14.6. The fourth-order valence-corrected chi connectivity index (χ4v) is 7.13. The van der Waals surface area contributed by atoms with E-state index in [0.717, 1.165) is 41.3 Å². The summed E-state index contributed by atoms with van der Waals surface area (Å²) in [6.07, 6.45) is 1.84. The second kappa shape index (κ2) is 12.0. The third kappa shape index (κ3) is 5.58. The highest BCUT2D eigenvalue weighted by Gasteiger charge is 2.39. The number of benzene rings is 3. The van der Waals surface area contributed by atoms with Crippen LogP contribution in [0.2, 0.25) is 0 Å². The molecule has 0 bridgehead atoms. The Hall–Kier alpha value is -3.98. The maximum atomic E-state index is 15.5. The molecular weight excluding hydrogens is 566 g/mol. The second-order valence-electron chi connectivity index (χ2n) is 11.5. The molecule has 3 heterocycles. The molecule has 2 amide bonds. The summed E-state index contributed by atoms with van der Waals surface area (Å²) in [4.78, 5) is 31.1. The van der Waals surface area contributed by atoms with E-state index in [4.69, 9.17) is 5.10 Å². The van der Waals surface area contributed by atoms with E-state index in [0.29, 0.717) is 36.1 Å². The number of hydrogen-bond donors (Lipinski definition) is 0. The Kier molecular flexibility index (Phi) is 8.09. The first-order valence-corrected chi connectivity index (χ1v) is 15.7. The van der Waals surface area contributed by atoms with Gasteiger partial charge < -0.3 is 4.90 Å². The molecule has 0 unspecified atom stereocenters. The van der Waals surface area contributed by atoms with E-state index in [1.807, 2.05) is 67.3 Å². The number of fused-ring (bicyclic) bond motifs is 1. The maximum absolute atomic E-state index is 15.5. The van der Waals surface area contributed by atoms with Gasteiger partial charge in [-0.1, -0.05) is 55.5 Å². The number of aromatic nitrogens is 2. The lowest BCUT2D eigenvalue weighted by Crippen LogP contribution is -2.46. The molecule has 9 heteroatoms. The topological polar surface area (TPSA) is 58.4 Å². The van der Waals surface area contributed by atoms with Gasteiger partial charge in [0.25, 0.3) is 0 Å². The number of nitrogens with zero attached hydrogens (tertiary/aromatic N) is 4. The highest BCUT2D eigenvalue weighted by atomic mass is 32.2. The number of piperidine rings is 1. The van der Waals surface area contributed by atoms with E-state index in [1.54, 1.807) is 4.68 Å². The normalized spacial score (nSPS) is 17.6. The Bertz CT molecular complexity index is 1680. The average molecular weight is 601 g/mol. The zero-order valence-corrected chi connectivity index (χ0v) is 25.3. The quantitative estimate of drug-likeness (QED) is 0.251. The van der Waals surface area contributed by atoms with Crippen LogP contribution in [0, 0.1) is 31.4 Å². The molecule has 1 fully saturated rings. The van der Waals surface area contributed by atoms with Crippen molar-refractivity contribution in [1.82, 2.24) is 14.7 Å². The lowest BCUT2D eigenvalue weighted by Gasteiger charge is -2.32. The number of likely N-dealkylation sites (tertiary alicyclic amines) is 1. The number of anilines is 1. The first kappa shape index (κ1) is 29.1. The molecule has 0 spiro atoms. The summed E-state index contributed by atoms with van der Waals surface area (Å²) in [7, 11) is 0. The maximum Gasteiger partial charge on any atom is 0.242 e. The molecule has 2 aliphatic rings. The van der Waals surface area contributed by atoms with Crippen LogP contribution in [0.5, 0.6) is 0 Å². The smallest absolute Gasteiger partial charge is 0.242 e. The SMILES string of the molecule is Cc1cccc(-n2nc(-c3ccccc3)c3c2N(CC(=O)N2CCC(C)CC2)C(=O)CS[C@@H]3c2ccc(F)cc2F)c1C. The fourth-order valence-electron chi connectivity index (χ4n) is 5.91. The van der Waals surface area contributed by atoms with E-state index in [2.05, 4.69) is 6.92 Å². The number of carbonyl (C=O) groups excluding carboxylic acids is 2. The van der Waals surface area contributed by atoms with Crippen LogP contribution >= 0.6 is 11.8 Å². The van der Waals surface area contributed by atoms with Crippen molar-refractivity contribution in [3.63, 3.8) is 0 Å². The van der Waals surface area contributed by atoms with Gasteiger partial charge in [-0.15, -0.1) is 11.8 Å². The molecule has 1 atom stereocenters. The number of aryl methyl sites for hydroxylation is 1. The van der Waals surface area contributed by atoms with E-state index >= 15 is 4.39 Å². The van der Waals surface area contributed by atoms with Gasteiger partial charge in [0.2, 0.25) is 11.8 Å². The lowest BCUT2D eigenvalue weighted by molar-refractivity contribution is -0.132. The molecule has 0 aliphatic carbocycles. The van der Waals surface area contributed by atoms with Crippen molar-refractivity contribution >= 4 is 29.4 Å². The van der Waals surface area contributed by atoms with Gasteiger partial charge in [0.1, 0.15) is 24.0 Å². The molecule has 6 rings (SSSR count). The van der Waals surface area contributed by atoms with Crippen LogP contribution in [0.3, 0.4) is 0 Å². The number of amides is 2. The van der Waals surface area contributed by atoms with Crippen LogP contribution in [0.15, 0.2) is 66.7 Å². The third-order valence-corrected chi connectivity index (χ3v) is 9.85. The van der Waals surface area contributed by atoms with Crippen LogP contribution in [0.4, 0.5) is 14.6 Å². The molecule has 1 saturated heterocycles. The number of thioether (sulfide) groups is 1. The predicted molar refractivity (Wildman–Crippen MR) is 166 cm³/mol. The Morgan fingerprint density at radius 1 is 1.00 bits per heavy atom. The van der Waals surface area contributed by atoms with Crippen LogP contribution in [-0.4, -0.2) is 51.9 Å². The van der Waals surface area contributed by atoms with Gasteiger partial charge >= 0.3 is 0 Å². The molecule has 6 nitrogen and oxygen atoms in total. The van der Waals surface area contributed by atoms with Gasteiger partial charge in [0.05, 0.1) is 22.4 Å². The van der Waals surface area contributed by atoms with Crippen molar-refractivity contribution < 1.29 is 18.4 Å². The largest absolute Gasteiger partial charge is 0.341 e. The summed E-state index contributed by atoms with van der Waals surface area (Å²) in [5.41, 5.74) is 5.03. The summed E-state index contributed by atoms with van der Waals surface area (Å²) in [6, 6.07) is 19.0. The molecule has 1 aromatic heterocycles. The van der Waals surface area contributed by atoms with E-state index in [-0.39, 0.29) is 29.7 Å². The summed E-state index contributed by atoms with van der Waals surface area (Å²) < 4.78 is 31.3. The number of hydrogen-bond acceptors (Lipinski definition) is 4. The molecule has 43 heavy (non-hydrogen) atoms. The molecule has 0 N–H and O–H groups in total. The highest BCUT2D eigenvalue weighted by molar-refractivity contribution is 8.00. The van der Waals surface area contributed by atoms with Crippen molar-refractivity contribution in [2.75, 3.05) is 30.3 Å². The molecule has 2 aliphatic heterocycles. The number of halogens is 2. The van der Waals surface area contributed by atoms with Crippen LogP contribution in [0.1, 0.15) is 47.3 Å². The monoisotopic (exact) mass is 600 g/mol. The summed E-state index contributed by atoms with van der Waals surface area (Å²) in [5, 5.41) is 4.42. The minimum atomic E-state index is -0.693. The minimum Gasteiger partial charge on any atom is -0.341 e. The molecule has 0 saturated carbocycles. The van der Waals surface area contributed by atoms with Gasteiger partial charge in [0, 0.05) is 35.8 Å². The Labute approximate surface area is 254 Å². The van der Waals surface area contributed by atoms with Crippen molar-refractivity contribution in [1.29, 1.82) is 0 Å². The summed E-state index contributed by atoms with van der Waals surface area (Å²) >= 11 is 1.27. The predicted octanol–water partition coefficient (Wildman–Crippen LogP) is 6.86. The Balaban J connectivity index is 1.60. The highest BCUT2D eigenvalue weighted by Crippen LogP contribution is 2.49. The van der Waals surface area contributed by atoms with E-state index in [9.17, 15) is 14.0 Å². The number of carbonyl (C=O) groups is 2. The number of rotatable bonds is 5. The summed E-state index contributed by atoms with van der Waals surface area (Å²) in [6.45, 7) is 7.35. The second-order valence-corrected chi connectivity index (χ2v) is 12.6. The van der Waals surface area contributed by atoms with Gasteiger partial charge in [0.15, 0.2) is 0 Å². The first-order chi connectivity index (χ1) is 20.7. The van der Waals surface area contributed by atoms with Crippen LogP contribution in [0.25, 0.3) is 16.9 Å². The van der Waals surface area contributed by atoms with Crippen LogP contribution < -0.4 is 4.90 Å². The van der Waals surface area contributed by atoms with Gasteiger partial charge in [-0.05, 0) is 55.9 Å². The van der Waals surface area contributed by atoms with Crippen LogP contribution in [-0.2, 0) is 9.59 Å². The van der Waals surface area contributed by atoms with Gasteiger partial charge in [-0.3, -0.25) is 14.5 Å². The summed E-state index contributed by atoms with van der Waals surface area (Å²) in [5.74, 6) is -0.748. The molecule has 222 valence electrons. The zero-order valence-electron chi connectivity index (χ0n) is 24.5. The van der Waals surface area contributed by atoms with E-state index in [1.165, 1.54) is 28.8 Å². The molecule has 0 radical (unpaired) electrons. The molecule has 3 aromatic carbocycles. The van der Waals surface area contributed by atoms with Crippen molar-refractivity contribution in [2.24, 2.45) is 5.92 Å². The Morgan fingerprint density at radius 2 is 1.74 bits per heavy atom. The van der Waals surface area contributed by atoms with Crippen molar-refractivity contribution in [3.05, 3.63) is 101 Å². The van der Waals surface area contributed by atoms with Crippen molar-refractivity contribution in [2.45, 2.75) is 38.9 Å². The lowest BCUT2D eigenvalue weighted by atomic mass is 9.98. The minimum absolute atomic E-state index is 0.0154. The fraction of sp³-hybridized carbons (Fsp3) is 0.324. The van der Waals surface area contributed by atoms with Gasteiger partial charge in [-0.2, -0.15) is 5.10 Å². The average Bonchev–Trinajstić information content (AvgIpc) is 3.32. The molecular formula is C34H34F2N4O2S. The van der Waals surface area contributed by atoms with Crippen molar-refractivity contribution in [3.8, 4) is 16.9 Å².